The summed E-state index contributed by atoms with van der Waals surface area (Å²) in [6, 6.07) is 7.90. The molecule has 1 aliphatic heterocycles. The van der Waals surface area contributed by atoms with E-state index in [9.17, 15) is 0 Å². The first-order valence-electron chi connectivity index (χ1n) is 6.92. The van der Waals surface area contributed by atoms with Crippen LogP contribution in [0.15, 0.2) is 18.2 Å². The van der Waals surface area contributed by atoms with E-state index in [4.69, 9.17) is 0 Å². The summed E-state index contributed by atoms with van der Waals surface area (Å²) < 4.78 is 0. The van der Waals surface area contributed by atoms with Crippen LogP contribution in [0.3, 0.4) is 0 Å². The molecule has 0 unspecified atom stereocenters. The highest BCUT2D eigenvalue weighted by Gasteiger charge is 2.28. The first-order valence-corrected chi connectivity index (χ1v) is 6.92. The summed E-state index contributed by atoms with van der Waals surface area (Å²) in [5, 5.41) is 3.41. The second-order valence-electron chi connectivity index (χ2n) is 5.41. The summed E-state index contributed by atoms with van der Waals surface area (Å²) in [5.41, 5.74) is 4.49. The number of rotatable bonds is 5. The molecule has 1 aromatic rings. The molecule has 1 N–H and O–H groups in total. The standard InChI is InChI=1S/C15H22N2/c1-2-7-17(15-5-6-15)11-12-3-4-13-9-16-10-14(13)8-12/h3-4,8,15-16H,2,5-7,9-11H2,1H3. The van der Waals surface area contributed by atoms with Gasteiger partial charge >= 0.3 is 0 Å². The van der Waals surface area contributed by atoms with Crippen LogP contribution < -0.4 is 5.32 Å². The van der Waals surface area contributed by atoms with Gasteiger partial charge in [-0.15, -0.1) is 0 Å². The minimum Gasteiger partial charge on any atom is -0.309 e. The molecule has 17 heavy (non-hydrogen) atoms. The van der Waals surface area contributed by atoms with Crippen LogP contribution in [0, 0.1) is 0 Å². The molecular formula is C15H22N2. The average Bonchev–Trinajstić information content (AvgIpc) is 3.07. The van der Waals surface area contributed by atoms with E-state index >= 15 is 0 Å². The van der Waals surface area contributed by atoms with Crippen molar-refractivity contribution in [2.45, 2.75) is 51.9 Å². The quantitative estimate of drug-likeness (QED) is 0.836. The van der Waals surface area contributed by atoms with E-state index < -0.39 is 0 Å². The Balaban J connectivity index is 1.70. The third-order valence-corrected chi connectivity index (χ3v) is 3.86. The summed E-state index contributed by atoms with van der Waals surface area (Å²) in [4.78, 5) is 2.66. The molecule has 2 heteroatoms. The third kappa shape index (κ3) is 2.53. The van der Waals surface area contributed by atoms with Crippen LogP contribution in [0.25, 0.3) is 0 Å². The Morgan fingerprint density at radius 3 is 2.82 bits per heavy atom. The van der Waals surface area contributed by atoms with Gasteiger partial charge in [0.2, 0.25) is 0 Å². The van der Waals surface area contributed by atoms with Crippen molar-refractivity contribution in [3.05, 3.63) is 34.9 Å². The van der Waals surface area contributed by atoms with Gasteiger partial charge in [0.25, 0.3) is 0 Å². The maximum atomic E-state index is 3.41. The van der Waals surface area contributed by atoms with E-state index in [0.717, 1.165) is 25.7 Å². The van der Waals surface area contributed by atoms with Crippen molar-refractivity contribution >= 4 is 0 Å². The fourth-order valence-corrected chi connectivity index (χ4v) is 2.80. The number of benzene rings is 1. The highest BCUT2D eigenvalue weighted by molar-refractivity contribution is 5.34. The van der Waals surface area contributed by atoms with E-state index in [1.165, 1.54) is 42.5 Å². The molecule has 1 heterocycles. The van der Waals surface area contributed by atoms with Gasteiger partial charge in [0.1, 0.15) is 0 Å². The molecule has 0 spiro atoms. The van der Waals surface area contributed by atoms with Gasteiger partial charge in [-0.2, -0.15) is 0 Å². The number of fused-ring (bicyclic) bond motifs is 1. The van der Waals surface area contributed by atoms with Gasteiger partial charge in [-0.05, 0) is 42.5 Å². The van der Waals surface area contributed by atoms with Crippen molar-refractivity contribution in [2.75, 3.05) is 6.54 Å². The lowest BCUT2D eigenvalue weighted by Crippen LogP contribution is -2.26. The van der Waals surface area contributed by atoms with Crippen molar-refractivity contribution in [1.82, 2.24) is 10.2 Å². The number of hydrogen-bond donors (Lipinski definition) is 1. The molecule has 2 nitrogen and oxygen atoms in total. The van der Waals surface area contributed by atoms with Crippen LogP contribution >= 0.6 is 0 Å². The molecule has 3 rings (SSSR count). The largest absolute Gasteiger partial charge is 0.309 e. The van der Waals surface area contributed by atoms with Gasteiger partial charge in [0, 0.05) is 25.7 Å². The van der Waals surface area contributed by atoms with Crippen molar-refractivity contribution in [3.8, 4) is 0 Å². The van der Waals surface area contributed by atoms with Gasteiger partial charge < -0.3 is 5.32 Å². The molecule has 1 aromatic carbocycles. The number of nitrogens with zero attached hydrogens (tertiary/aromatic N) is 1. The molecule has 0 bridgehead atoms. The van der Waals surface area contributed by atoms with Crippen LogP contribution in [-0.2, 0) is 19.6 Å². The zero-order valence-electron chi connectivity index (χ0n) is 10.7. The van der Waals surface area contributed by atoms with Gasteiger partial charge in [0.15, 0.2) is 0 Å². The smallest absolute Gasteiger partial charge is 0.0236 e. The fraction of sp³-hybridized carbons (Fsp3) is 0.600. The maximum Gasteiger partial charge on any atom is 0.0236 e. The fourth-order valence-electron chi connectivity index (χ4n) is 2.80. The minimum absolute atomic E-state index is 0.876. The number of hydrogen-bond acceptors (Lipinski definition) is 2. The molecule has 2 aliphatic rings. The lowest BCUT2D eigenvalue weighted by molar-refractivity contribution is 0.255. The van der Waals surface area contributed by atoms with Gasteiger partial charge in [-0.3, -0.25) is 4.90 Å². The van der Waals surface area contributed by atoms with Crippen molar-refractivity contribution in [2.24, 2.45) is 0 Å². The minimum atomic E-state index is 0.876. The Hall–Kier alpha value is -0.860. The van der Waals surface area contributed by atoms with E-state index in [0.29, 0.717) is 0 Å². The van der Waals surface area contributed by atoms with Crippen molar-refractivity contribution < 1.29 is 0 Å². The van der Waals surface area contributed by atoms with Crippen LogP contribution in [0.5, 0.6) is 0 Å². The lowest BCUT2D eigenvalue weighted by Gasteiger charge is -2.21. The highest BCUT2D eigenvalue weighted by Crippen LogP contribution is 2.29. The zero-order chi connectivity index (χ0) is 11.7. The van der Waals surface area contributed by atoms with Crippen LogP contribution in [0.4, 0.5) is 0 Å². The molecule has 0 radical (unpaired) electrons. The predicted octanol–water partition coefficient (Wildman–Crippen LogP) is 2.66. The molecular weight excluding hydrogens is 208 g/mol. The summed E-state index contributed by atoms with van der Waals surface area (Å²) in [5.74, 6) is 0. The molecule has 0 saturated heterocycles. The van der Waals surface area contributed by atoms with Gasteiger partial charge in [-0.25, -0.2) is 0 Å². The zero-order valence-corrected chi connectivity index (χ0v) is 10.7. The molecule has 1 saturated carbocycles. The second kappa shape index (κ2) is 4.79. The Morgan fingerprint density at radius 1 is 1.24 bits per heavy atom. The summed E-state index contributed by atoms with van der Waals surface area (Å²) in [6.45, 7) is 6.78. The molecule has 0 atom stereocenters. The summed E-state index contributed by atoms with van der Waals surface area (Å²) in [6.07, 6.45) is 4.09. The maximum absolute atomic E-state index is 3.41. The predicted molar refractivity (Wildman–Crippen MR) is 70.7 cm³/mol. The number of nitrogens with one attached hydrogen (secondary N) is 1. The van der Waals surface area contributed by atoms with Gasteiger partial charge in [-0.1, -0.05) is 25.1 Å². The van der Waals surface area contributed by atoms with E-state index in [1.54, 1.807) is 0 Å². The Bertz CT molecular complexity index is 396. The second-order valence-corrected chi connectivity index (χ2v) is 5.41. The van der Waals surface area contributed by atoms with Gasteiger partial charge in [0.05, 0.1) is 0 Å². The molecule has 1 fully saturated rings. The SMILES string of the molecule is CCCN(Cc1ccc2c(c1)CNC2)C1CC1. The van der Waals surface area contributed by atoms with Crippen LogP contribution in [0.1, 0.15) is 42.9 Å². The van der Waals surface area contributed by atoms with Crippen LogP contribution in [-0.4, -0.2) is 17.5 Å². The molecule has 0 amide bonds. The monoisotopic (exact) mass is 230 g/mol. The van der Waals surface area contributed by atoms with Crippen LogP contribution in [0.2, 0.25) is 0 Å². The Morgan fingerprint density at radius 2 is 2.06 bits per heavy atom. The van der Waals surface area contributed by atoms with Crippen molar-refractivity contribution in [1.29, 1.82) is 0 Å². The summed E-state index contributed by atoms with van der Waals surface area (Å²) >= 11 is 0. The normalized spacial score (nSPS) is 18.7. The summed E-state index contributed by atoms with van der Waals surface area (Å²) in [7, 11) is 0. The first-order chi connectivity index (χ1) is 8.36. The average molecular weight is 230 g/mol. The molecule has 92 valence electrons. The van der Waals surface area contributed by atoms with E-state index in [-0.39, 0.29) is 0 Å². The topological polar surface area (TPSA) is 15.3 Å². The van der Waals surface area contributed by atoms with E-state index in [2.05, 4.69) is 35.3 Å². The van der Waals surface area contributed by atoms with E-state index in [1.807, 2.05) is 0 Å². The third-order valence-electron chi connectivity index (χ3n) is 3.86. The molecule has 1 aliphatic carbocycles. The highest BCUT2D eigenvalue weighted by atomic mass is 15.2. The Kier molecular flexibility index (Phi) is 3.17. The molecule has 0 aromatic heterocycles. The Labute approximate surface area is 104 Å². The first kappa shape index (κ1) is 11.2. The lowest BCUT2D eigenvalue weighted by atomic mass is 10.1. The van der Waals surface area contributed by atoms with Crippen molar-refractivity contribution in [3.63, 3.8) is 0 Å².